The highest BCUT2D eigenvalue weighted by Crippen LogP contribution is 2.14. The fourth-order valence-corrected chi connectivity index (χ4v) is 3.34. The van der Waals surface area contributed by atoms with E-state index in [0.29, 0.717) is 6.42 Å². The van der Waals surface area contributed by atoms with Crippen molar-refractivity contribution in [1.82, 2.24) is 5.32 Å². The lowest BCUT2D eigenvalue weighted by atomic mass is 10.1. The zero-order valence-electron chi connectivity index (χ0n) is 14.3. The Balaban J connectivity index is 3.82. The third-order valence-corrected chi connectivity index (χ3v) is 5.05. The van der Waals surface area contributed by atoms with E-state index >= 15 is 0 Å². The van der Waals surface area contributed by atoms with Crippen LogP contribution in [0.3, 0.4) is 0 Å². The largest absolute Gasteiger partial charge is 0.395 e. The van der Waals surface area contributed by atoms with Gasteiger partial charge >= 0.3 is 0 Å². The fraction of sp³-hybridized carbons (Fsp3) is 0.938. The van der Waals surface area contributed by atoms with Gasteiger partial charge in [-0.05, 0) is 6.42 Å². The summed E-state index contributed by atoms with van der Waals surface area (Å²) >= 11 is 0. The van der Waals surface area contributed by atoms with Gasteiger partial charge < -0.3 is 10.4 Å². The first kappa shape index (κ1) is 22.3. The molecule has 23 heavy (non-hydrogen) atoms. The maximum absolute atomic E-state index is 11.7. The number of unbranched alkanes of at least 4 members (excludes halogenated alkanes) is 9. The summed E-state index contributed by atoms with van der Waals surface area (Å²) in [6.45, 7) is 1.93. The Kier molecular flexibility index (Phi) is 13.4. The van der Waals surface area contributed by atoms with Gasteiger partial charge in [0.2, 0.25) is 5.91 Å². The molecule has 7 heteroatoms. The predicted octanol–water partition coefficient (Wildman–Crippen LogP) is 2.66. The van der Waals surface area contributed by atoms with E-state index in [4.69, 9.17) is 9.66 Å². The van der Waals surface area contributed by atoms with Crippen molar-refractivity contribution in [1.29, 1.82) is 0 Å². The summed E-state index contributed by atoms with van der Waals surface area (Å²) in [6, 6.07) is 0. The van der Waals surface area contributed by atoms with Gasteiger partial charge in [-0.3, -0.25) is 9.35 Å². The molecular formula is C16H33NO5S. The van der Waals surface area contributed by atoms with Crippen LogP contribution in [-0.4, -0.2) is 42.4 Å². The van der Waals surface area contributed by atoms with Crippen LogP contribution in [-0.2, 0) is 14.9 Å². The van der Waals surface area contributed by atoms with Crippen molar-refractivity contribution >= 4 is 16.0 Å². The van der Waals surface area contributed by atoms with E-state index < -0.39 is 21.3 Å². The van der Waals surface area contributed by atoms with E-state index in [-0.39, 0.29) is 19.6 Å². The molecular weight excluding hydrogens is 318 g/mol. The molecule has 0 bridgehead atoms. The highest BCUT2D eigenvalue weighted by molar-refractivity contribution is 7.87. The van der Waals surface area contributed by atoms with Crippen LogP contribution < -0.4 is 5.32 Å². The van der Waals surface area contributed by atoms with Crippen LogP contribution in [0.1, 0.15) is 77.6 Å². The summed E-state index contributed by atoms with van der Waals surface area (Å²) in [4.78, 5) is 11.7. The minimum Gasteiger partial charge on any atom is -0.395 e. The molecule has 0 fully saturated rings. The maximum atomic E-state index is 11.7. The average Bonchev–Trinajstić information content (AvgIpc) is 2.49. The molecule has 0 heterocycles. The lowest BCUT2D eigenvalue weighted by Crippen LogP contribution is -2.40. The minimum absolute atomic E-state index is 0.0110. The molecule has 0 saturated carbocycles. The molecule has 1 unspecified atom stereocenters. The number of carbonyl (C=O) groups excluding carboxylic acids is 1. The van der Waals surface area contributed by atoms with E-state index in [0.717, 1.165) is 19.3 Å². The minimum atomic E-state index is -4.40. The Bertz CT molecular complexity index is 397. The fourth-order valence-electron chi connectivity index (χ4n) is 2.53. The summed E-state index contributed by atoms with van der Waals surface area (Å²) in [5.74, 6) is -0.738. The van der Waals surface area contributed by atoms with Crippen molar-refractivity contribution in [3.63, 3.8) is 0 Å². The van der Waals surface area contributed by atoms with Gasteiger partial charge in [-0.15, -0.1) is 0 Å². The lowest BCUT2D eigenvalue weighted by Gasteiger charge is -2.13. The number of aliphatic hydroxyl groups excluding tert-OH is 1. The molecule has 0 aromatic carbocycles. The molecule has 0 aromatic heterocycles. The Labute approximate surface area is 140 Å². The van der Waals surface area contributed by atoms with Gasteiger partial charge in [0.05, 0.1) is 6.61 Å². The topological polar surface area (TPSA) is 104 Å². The Hall–Kier alpha value is -0.660. The van der Waals surface area contributed by atoms with E-state index in [2.05, 4.69) is 12.2 Å². The van der Waals surface area contributed by atoms with Crippen LogP contribution in [0.2, 0.25) is 0 Å². The molecule has 1 atom stereocenters. The van der Waals surface area contributed by atoms with E-state index in [1.807, 2.05) is 0 Å². The molecule has 0 aliphatic heterocycles. The average molecular weight is 352 g/mol. The number of amides is 1. The summed E-state index contributed by atoms with van der Waals surface area (Å²) < 4.78 is 31.7. The molecule has 1 amide bonds. The van der Waals surface area contributed by atoms with Crippen molar-refractivity contribution in [2.75, 3.05) is 13.2 Å². The van der Waals surface area contributed by atoms with Gasteiger partial charge in [0.25, 0.3) is 10.1 Å². The third kappa shape index (κ3) is 12.4. The van der Waals surface area contributed by atoms with Crippen LogP contribution in [0.15, 0.2) is 0 Å². The third-order valence-electron chi connectivity index (χ3n) is 3.88. The van der Waals surface area contributed by atoms with E-state index in [1.54, 1.807) is 0 Å². The quantitative estimate of drug-likeness (QED) is 0.311. The second kappa shape index (κ2) is 13.7. The number of hydrogen-bond donors (Lipinski definition) is 3. The monoisotopic (exact) mass is 351 g/mol. The van der Waals surface area contributed by atoms with Gasteiger partial charge in [0, 0.05) is 6.54 Å². The smallest absolute Gasteiger partial charge is 0.276 e. The molecule has 6 nitrogen and oxygen atoms in total. The van der Waals surface area contributed by atoms with Gasteiger partial charge in [-0.2, -0.15) is 8.42 Å². The molecule has 138 valence electrons. The van der Waals surface area contributed by atoms with Gasteiger partial charge in [-0.25, -0.2) is 0 Å². The number of nitrogens with one attached hydrogen (secondary N) is 1. The van der Waals surface area contributed by atoms with Crippen LogP contribution >= 0.6 is 0 Å². The van der Waals surface area contributed by atoms with Crippen molar-refractivity contribution in [2.45, 2.75) is 82.8 Å². The summed E-state index contributed by atoms with van der Waals surface area (Å²) in [5, 5.41) is 9.51. The van der Waals surface area contributed by atoms with Crippen molar-refractivity contribution in [3.8, 4) is 0 Å². The van der Waals surface area contributed by atoms with Crippen LogP contribution in [0.25, 0.3) is 0 Å². The molecule has 3 N–H and O–H groups in total. The van der Waals surface area contributed by atoms with Crippen molar-refractivity contribution < 1.29 is 22.9 Å². The molecule has 0 rings (SSSR count). The molecule has 0 radical (unpaired) electrons. The number of rotatable bonds is 15. The first-order valence-corrected chi connectivity index (χ1v) is 10.3. The van der Waals surface area contributed by atoms with Gasteiger partial charge in [-0.1, -0.05) is 71.1 Å². The molecule has 0 aliphatic rings. The maximum Gasteiger partial charge on any atom is 0.276 e. The predicted molar refractivity (Wildman–Crippen MR) is 91.9 cm³/mol. The number of hydrogen-bond acceptors (Lipinski definition) is 4. The summed E-state index contributed by atoms with van der Waals surface area (Å²) in [7, 11) is -4.40. The summed E-state index contributed by atoms with van der Waals surface area (Å²) in [6.07, 6.45) is 11.3. The Morgan fingerprint density at radius 2 is 1.43 bits per heavy atom. The van der Waals surface area contributed by atoms with Crippen LogP contribution in [0, 0.1) is 0 Å². The first-order valence-electron chi connectivity index (χ1n) is 8.78. The molecule has 0 spiro atoms. The number of aliphatic hydroxyl groups is 1. The Morgan fingerprint density at radius 1 is 0.957 bits per heavy atom. The SMILES string of the molecule is CCCCCCCCCCCCC(C(=O)NCCO)S(=O)(=O)O. The zero-order valence-corrected chi connectivity index (χ0v) is 15.1. The molecule has 0 saturated heterocycles. The highest BCUT2D eigenvalue weighted by Gasteiger charge is 2.29. The van der Waals surface area contributed by atoms with Crippen LogP contribution in [0.4, 0.5) is 0 Å². The normalized spacial score (nSPS) is 13.0. The zero-order chi connectivity index (χ0) is 17.6. The van der Waals surface area contributed by atoms with E-state index in [1.165, 1.54) is 38.5 Å². The van der Waals surface area contributed by atoms with Gasteiger partial charge in [0.1, 0.15) is 0 Å². The van der Waals surface area contributed by atoms with Crippen LogP contribution in [0.5, 0.6) is 0 Å². The van der Waals surface area contributed by atoms with Crippen molar-refractivity contribution in [2.24, 2.45) is 0 Å². The van der Waals surface area contributed by atoms with Crippen molar-refractivity contribution in [3.05, 3.63) is 0 Å². The molecule has 0 aliphatic carbocycles. The molecule has 0 aromatic rings. The first-order chi connectivity index (χ1) is 10.9. The second-order valence-corrected chi connectivity index (χ2v) is 7.59. The number of carbonyl (C=O) groups is 1. The lowest BCUT2D eigenvalue weighted by molar-refractivity contribution is -0.121. The Morgan fingerprint density at radius 3 is 1.87 bits per heavy atom. The standard InChI is InChI=1S/C16H33NO5S/c1-2-3-4-5-6-7-8-9-10-11-12-15(23(20,21)22)16(19)17-13-14-18/h15,18H,2-14H2,1H3,(H,17,19)(H,20,21,22). The highest BCUT2D eigenvalue weighted by atomic mass is 32.2. The summed E-state index contributed by atoms with van der Waals surface area (Å²) in [5.41, 5.74) is 0. The van der Waals surface area contributed by atoms with E-state index in [9.17, 15) is 13.2 Å². The second-order valence-electron chi connectivity index (χ2n) is 5.99. The van der Waals surface area contributed by atoms with Gasteiger partial charge in [0.15, 0.2) is 5.25 Å².